The number of hydrogen-bond acceptors (Lipinski definition) is 3. The van der Waals surface area contributed by atoms with Gasteiger partial charge in [0, 0.05) is 11.4 Å². The van der Waals surface area contributed by atoms with Gasteiger partial charge in [0.15, 0.2) is 0 Å². The van der Waals surface area contributed by atoms with E-state index in [2.05, 4.69) is 37.2 Å². The SMILES string of the molecule is C=C(CNCC)COc1ccc(SC)cc1. The van der Waals surface area contributed by atoms with Crippen LogP contribution in [0.1, 0.15) is 6.92 Å². The zero-order chi connectivity index (χ0) is 11.8. The monoisotopic (exact) mass is 237 g/mol. The number of likely N-dealkylation sites (N-methyl/N-ethyl adjacent to an activating group) is 1. The van der Waals surface area contributed by atoms with Crippen LogP contribution in [0.2, 0.25) is 0 Å². The average Bonchev–Trinajstić information content (AvgIpc) is 2.34. The minimum atomic E-state index is 0.575. The Morgan fingerprint density at radius 2 is 2.06 bits per heavy atom. The zero-order valence-electron chi connectivity index (χ0n) is 9.95. The number of ether oxygens (including phenoxy) is 1. The van der Waals surface area contributed by atoms with E-state index in [1.54, 1.807) is 11.8 Å². The molecule has 0 aliphatic carbocycles. The van der Waals surface area contributed by atoms with Gasteiger partial charge in [0.2, 0.25) is 0 Å². The number of rotatable bonds is 7. The Hall–Kier alpha value is -0.930. The molecule has 0 aliphatic rings. The Morgan fingerprint density at radius 1 is 1.38 bits per heavy atom. The first-order chi connectivity index (χ1) is 7.76. The topological polar surface area (TPSA) is 21.3 Å². The van der Waals surface area contributed by atoms with Crippen LogP contribution in [0, 0.1) is 0 Å². The molecule has 0 aliphatic heterocycles. The Bertz CT molecular complexity index is 321. The van der Waals surface area contributed by atoms with Crippen LogP contribution in [0.4, 0.5) is 0 Å². The summed E-state index contributed by atoms with van der Waals surface area (Å²) in [6.45, 7) is 8.38. The number of hydrogen-bond donors (Lipinski definition) is 1. The van der Waals surface area contributed by atoms with Crippen molar-refractivity contribution in [2.24, 2.45) is 0 Å². The predicted octanol–water partition coefficient (Wildman–Crippen LogP) is 2.95. The molecule has 1 aromatic rings. The molecule has 0 unspecified atom stereocenters. The van der Waals surface area contributed by atoms with Gasteiger partial charge < -0.3 is 10.1 Å². The molecule has 0 fully saturated rings. The molecule has 0 atom stereocenters. The summed E-state index contributed by atoms with van der Waals surface area (Å²) < 4.78 is 5.62. The van der Waals surface area contributed by atoms with Gasteiger partial charge in [-0.2, -0.15) is 0 Å². The van der Waals surface area contributed by atoms with Crippen LogP contribution in [0.5, 0.6) is 5.75 Å². The molecule has 0 radical (unpaired) electrons. The first-order valence-electron chi connectivity index (χ1n) is 5.40. The second-order valence-corrected chi connectivity index (χ2v) is 4.37. The molecule has 1 N–H and O–H groups in total. The molecule has 3 heteroatoms. The van der Waals surface area contributed by atoms with Crippen molar-refractivity contribution in [1.29, 1.82) is 0 Å². The molecular weight excluding hydrogens is 218 g/mol. The van der Waals surface area contributed by atoms with Crippen LogP contribution in [-0.2, 0) is 0 Å². The molecule has 1 aromatic carbocycles. The molecule has 0 saturated carbocycles. The summed E-state index contributed by atoms with van der Waals surface area (Å²) in [5.74, 6) is 0.899. The Labute approximate surface area is 102 Å². The van der Waals surface area contributed by atoms with Crippen LogP contribution < -0.4 is 10.1 Å². The lowest BCUT2D eigenvalue weighted by Gasteiger charge is -2.09. The van der Waals surface area contributed by atoms with E-state index in [-0.39, 0.29) is 0 Å². The second kappa shape index (κ2) is 7.36. The number of thioether (sulfide) groups is 1. The third kappa shape index (κ3) is 4.73. The van der Waals surface area contributed by atoms with Gasteiger partial charge in [-0.15, -0.1) is 11.8 Å². The molecule has 2 nitrogen and oxygen atoms in total. The number of benzene rings is 1. The minimum absolute atomic E-state index is 0.575. The molecule has 1 rings (SSSR count). The summed E-state index contributed by atoms with van der Waals surface area (Å²) in [6.07, 6.45) is 2.06. The molecule has 88 valence electrons. The summed E-state index contributed by atoms with van der Waals surface area (Å²) in [7, 11) is 0. The van der Waals surface area contributed by atoms with Gasteiger partial charge >= 0.3 is 0 Å². The highest BCUT2D eigenvalue weighted by Crippen LogP contribution is 2.19. The summed E-state index contributed by atoms with van der Waals surface area (Å²) >= 11 is 1.73. The summed E-state index contributed by atoms with van der Waals surface area (Å²) in [5, 5.41) is 3.22. The highest BCUT2D eigenvalue weighted by Gasteiger charge is 1.97. The van der Waals surface area contributed by atoms with E-state index in [0.717, 1.165) is 24.4 Å². The number of nitrogens with one attached hydrogen (secondary N) is 1. The maximum Gasteiger partial charge on any atom is 0.119 e. The van der Waals surface area contributed by atoms with Crippen molar-refractivity contribution < 1.29 is 4.74 Å². The first-order valence-corrected chi connectivity index (χ1v) is 6.63. The van der Waals surface area contributed by atoms with Crippen molar-refractivity contribution in [1.82, 2.24) is 5.32 Å². The second-order valence-electron chi connectivity index (χ2n) is 3.49. The average molecular weight is 237 g/mol. The van der Waals surface area contributed by atoms with E-state index in [1.807, 2.05) is 12.1 Å². The molecule has 0 bridgehead atoms. The first kappa shape index (κ1) is 13.1. The van der Waals surface area contributed by atoms with E-state index >= 15 is 0 Å². The molecule has 0 heterocycles. The largest absolute Gasteiger partial charge is 0.489 e. The molecular formula is C13H19NOS. The summed E-state index contributed by atoms with van der Waals surface area (Å²) in [6, 6.07) is 8.11. The van der Waals surface area contributed by atoms with E-state index in [0.29, 0.717) is 6.61 Å². The van der Waals surface area contributed by atoms with Crippen molar-refractivity contribution in [2.75, 3.05) is 26.0 Å². The predicted molar refractivity (Wildman–Crippen MR) is 71.4 cm³/mol. The van der Waals surface area contributed by atoms with Gasteiger partial charge in [-0.1, -0.05) is 13.5 Å². The quantitative estimate of drug-likeness (QED) is 0.582. The van der Waals surface area contributed by atoms with Crippen LogP contribution in [0.25, 0.3) is 0 Å². The summed E-state index contributed by atoms with van der Waals surface area (Å²) in [4.78, 5) is 1.25. The van der Waals surface area contributed by atoms with Gasteiger partial charge in [-0.25, -0.2) is 0 Å². The fourth-order valence-electron chi connectivity index (χ4n) is 1.21. The van der Waals surface area contributed by atoms with Crippen molar-refractivity contribution >= 4 is 11.8 Å². The molecule has 16 heavy (non-hydrogen) atoms. The molecule has 0 amide bonds. The third-order valence-corrected chi connectivity index (χ3v) is 2.87. The Morgan fingerprint density at radius 3 is 2.62 bits per heavy atom. The van der Waals surface area contributed by atoms with Crippen molar-refractivity contribution in [2.45, 2.75) is 11.8 Å². The van der Waals surface area contributed by atoms with Crippen LogP contribution in [0.15, 0.2) is 41.3 Å². The highest BCUT2D eigenvalue weighted by molar-refractivity contribution is 7.98. The standard InChI is InChI=1S/C13H19NOS/c1-4-14-9-11(2)10-15-12-5-7-13(16-3)8-6-12/h5-8,14H,2,4,9-10H2,1,3H3. The smallest absolute Gasteiger partial charge is 0.119 e. The lowest BCUT2D eigenvalue weighted by molar-refractivity contribution is 0.348. The molecule has 0 spiro atoms. The van der Waals surface area contributed by atoms with E-state index < -0.39 is 0 Å². The maximum atomic E-state index is 5.62. The maximum absolute atomic E-state index is 5.62. The van der Waals surface area contributed by atoms with E-state index in [4.69, 9.17) is 4.74 Å². The molecule has 0 aromatic heterocycles. The van der Waals surface area contributed by atoms with Gasteiger partial charge in [0.1, 0.15) is 12.4 Å². The van der Waals surface area contributed by atoms with Crippen molar-refractivity contribution in [3.63, 3.8) is 0 Å². The third-order valence-electron chi connectivity index (χ3n) is 2.13. The van der Waals surface area contributed by atoms with Gasteiger partial charge in [-0.3, -0.25) is 0 Å². The zero-order valence-corrected chi connectivity index (χ0v) is 10.8. The van der Waals surface area contributed by atoms with Crippen LogP contribution in [-0.4, -0.2) is 26.0 Å². The van der Waals surface area contributed by atoms with Crippen LogP contribution >= 0.6 is 11.8 Å². The van der Waals surface area contributed by atoms with Gasteiger partial charge in [0.25, 0.3) is 0 Å². The fraction of sp³-hybridized carbons (Fsp3) is 0.385. The fourth-order valence-corrected chi connectivity index (χ4v) is 1.62. The van der Waals surface area contributed by atoms with E-state index in [9.17, 15) is 0 Å². The highest BCUT2D eigenvalue weighted by atomic mass is 32.2. The Balaban J connectivity index is 2.33. The van der Waals surface area contributed by atoms with Gasteiger partial charge in [0.05, 0.1) is 0 Å². The van der Waals surface area contributed by atoms with E-state index in [1.165, 1.54) is 4.90 Å². The van der Waals surface area contributed by atoms with Crippen molar-refractivity contribution in [3.8, 4) is 5.75 Å². The van der Waals surface area contributed by atoms with Crippen molar-refractivity contribution in [3.05, 3.63) is 36.4 Å². The Kier molecular flexibility index (Phi) is 6.04. The lowest BCUT2D eigenvalue weighted by Crippen LogP contribution is -2.18. The molecule has 0 saturated heterocycles. The minimum Gasteiger partial charge on any atom is -0.489 e. The summed E-state index contributed by atoms with van der Waals surface area (Å²) in [5.41, 5.74) is 1.07. The normalized spacial score (nSPS) is 10.1. The lowest BCUT2D eigenvalue weighted by atomic mass is 10.3. The van der Waals surface area contributed by atoms with Gasteiger partial charge in [-0.05, 0) is 42.6 Å². The van der Waals surface area contributed by atoms with Crippen LogP contribution in [0.3, 0.4) is 0 Å².